The second-order valence-corrected chi connectivity index (χ2v) is 9.17. The van der Waals surface area contributed by atoms with Crippen molar-refractivity contribution in [1.29, 1.82) is 0 Å². The molecular weight excluding hydrogens is 442 g/mol. The summed E-state index contributed by atoms with van der Waals surface area (Å²) in [4.78, 5) is 37.6. The summed E-state index contributed by atoms with van der Waals surface area (Å²) < 4.78 is 7.24. The zero-order chi connectivity index (χ0) is 24.4. The van der Waals surface area contributed by atoms with Gasteiger partial charge in [0.25, 0.3) is 5.56 Å². The van der Waals surface area contributed by atoms with Crippen molar-refractivity contribution >= 4 is 22.9 Å². The van der Waals surface area contributed by atoms with Gasteiger partial charge in [0.1, 0.15) is 17.0 Å². The van der Waals surface area contributed by atoms with Crippen LogP contribution >= 0.6 is 0 Å². The molecule has 0 aliphatic carbocycles. The molecule has 1 saturated heterocycles. The van der Waals surface area contributed by atoms with Crippen LogP contribution in [-0.4, -0.2) is 33.5 Å². The molecule has 0 saturated carbocycles. The Kier molecular flexibility index (Phi) is 6.35. The zero-order valence-electron chi connectivity index (χ0n) is 20.0. The van der Waals surface area contributed by atoms with Crippen molar-refractivity contribution in [3.63, 3.8) is 0 Å². The first-order valence-electron chi connectivity index (χ1n) is 12.0. The maximum atomic E-state index is 13.6. The molecule has 0 radical (unpaired) electrons. The molecule has 4 aromatic rings. The number of piperidine rings is 1. The Morgan fingerprint density at radius 2 is 1.97 bits per heavy atom. The summed E-state index contributed by atoms with van der Waals surface area (Å²) in [6.45, 7) is 5.80. The third-order valence-electron chi connectivity index (χ3n) is 6.47. The second kappa shape index (κ2) is 9.74. The minimum absolute atomic E-state index is 0.0359. The normalized spacial score (nSPS) is 15.9. The summed E-state index contributed by atoms with van der Waals surface area (Å²) in [5.74, 6) is 1.65. The predicted octanol–water partition coefficient (Wildman–Crippen LogP) is 3.58. The van der Waals surface area contributed by atoms with E-state index in [4.69, 9.17) is 4.42 Å². The van der Waals surface area contributed by atoms with Crippen molar-refractivity contribution < 1.29 is 9.21 Å². The fraction of sp³-hybridized carbons (Fsp3) is 0.333. The van der Waals surface area contributed by atoms with E-state index in [1.807, 2.05) is 67.3 Å². The molecule has 1 amide bonds. The van der Waals surface area contributed by atoms with Gasteiger partial charge < -0.3 is 14.6 Å². The van der Waals surface area contributed by atoms with E-state index in [0.29, 0.717) is 43.2 Å². The van der Waals surface area contributed by atoms with E-state index in [1.165, 1.54) is 5.56 Å². The number of hydrogen-bond donors (Lipinski definition) is 1. The molecule has 0 unspecified atom stereocenters. The van der Waals surface area contributed by atoms with E-state index in [0.717, 1.165) is 29.9 Å². The first-order valence-corrected chi connectivity index (χ1v) is 12.0. The highest BCUT2D eigenvalue weighted by molar-refractivity contribution is 5.79. The Morgan fingerprint density at radius 1 is 1.14 bits per heavy atom. The minimum atomic E-state index is -0.226. The molecule has 35 heavy (non-hydrogen) atoms. The van der Waals surface area contributed by atoms with Gasteiger partial charge in [-0.25, -0.2) is 9.97 Å². The first kappa shape index (κ1) is 22.8. The number of amides is 1. The molecule has 1 atom stereocenters. The van der Waals surface area contributed by atoms with Crippen molar-refractivity contribution in [2.24, 2.45) is 5.92 Å². The molecule has 1 fully saturated rings. The van der Waals surface area contributed by atoms with E-state index >= 15 is 0 Å². The number of carbonyl (C=O) groups is 1. The monoisotopic (exact) mass is 471 g/mol. The lowest BCUT2D eigenvalue weighted by atomic mass is 9.97. The van der Waals surface area contributed by atoms with Crippen LogP contribution in [0.15, 0.2) is 63.9 Å². The summed E-state index contributed by atoms with van der Waals surface area (Å²) in [5, 5.41) is 2.97. The fourth-order valence-electron chi connectivity index (χ4n) is 4.57. The van der Waals surface area contributed by atoms with E-state index in [1.54, 1.807) is 10.8 Å². The zero-order valence-corrected chi connectivity index (χ0v) is 20.0. The van der Waals surface area contributed by atoms with Crippen molar-refractivity contribution in [2.75, 3.05) is 18.0 Å². The number of nitrogens with one attached hydrogen (secondary N) is 1. The van der Waals surface area contributed by atoms with Crippen molar-refractivity contribution in [3.8, 4) is 0 Å². The Morgan fingerprint density at radius 3 is 2.74 bits per heavy atom. The number of rotatable bonds is 6. The lowest BCUT2D eigenvalue weighted by Crippen LogP contribution is -2.45. The lowest BCUT2D eigenvalue weighted by Gasteiger charge is -2.32. The summed E-state index contributed by atoms with van der Waals surface area (Å²) in [6, 6.07) is 15.6. The van der Waals surface area contributed by atoms with Crippen LogP contribution in [0.25, 0.3) is 11.2 Å². The van der Waals surface area contributed by atoms with Gasteiger partial charge in [-0.15, -0.1) is 0 Å². The van der Waals surface area contributed by atoms with Crippen LogP contribution in [0, 0.1) is 19.8 Å². The van der Waals surface area contributed by atoms with Gasteiger partial charge in [0.2, 0.25) is 5.91 Å². The largest absolute Gasteiger partial charge is 0.465 e. The standard InChI is InChI=1S/C27H29N5O3/c1-18-7-10-20(11-8-18)16-32-24-23(6-3-13-28-24)30-25(27(32)34)31-14-4-5-21(17-31)26(33)29-15-22-12-9-19(2)35-22/h3,6-13,21H,4-5,14-17H2,1-2H3,(H,29,33)/t21-/m0/s1. The van der Waals surface area contributed by atoms with Crippen LogP contribution in [0.4, 0.5) is 5.82 Å². The Labute approximate surface area is 203 Å². The van der Waals surface area contributed by atoms with E-state index in [-0.39, 0.29) is 17.4 Å². The van der Waals surface area contributed by atoms with Crippen LogP contribution < -0.4 is 15.8 Å². The SMILES string of the molecule is Cc1ccc(Cn2c(=O)c(N3CCC[C@H](C(=O)NCc4ccc(C)o4)C3)nc3cccnc32)cc1. The number of fused-ring (bicyclic) bond motifs is 1. The first-order chi connectivity index (χ1) is 17.0. The van der Waals surface area contributed by atoms with Gasteiger partial charge in [-0.3, -0.25) is 14.2 Å². The molecule has 1 aliphatic heterocycles. The molecule has 1 aliphatic rings. The highest BCUT2D eigenvalue weighted by atomic mass is 16.3. The molecular formula is C27H29N5O3. The topological polar surface area (TPSA) is 93.3 Å². The molecule has 1 aromatic carbocycles. The highest BCUT2D eigenvalue weighted by Gasteiger charge is 2.29. The number of benzene rings is 1. The summed E-state index contributed by atoms with van der Waals surface area (Å²) >= 11 is 0. The maximum absolute atomic E-state index is 13.6. The molecule has 0 bridgehead atoms. The molecule has 180 valence electrons. The average molecular weight is 472 g/mol. The van der Waals surface area contributed by atoms with Crippen LogP contribution in [0.1, 0.15) is 35.5 Å². The number of furan rings is 1. The predicted molar refractivity (Wildman–Crippen MR) is 134 cm³/mol. The maximum Gasteiger partial charge on any atom is 0.295 e. The van der Waals surface area contributed by atoms with Crippen molar-refractivity contribution in [3.05, 3.63) is 87.7 Å². The van der Waals surface area contributed by atoms with Gasteiger partial charge in [-0.05, 0) is 56.5 Å². The van der Waals surface area contributed by atoms with Crippen molar-refractivity contribution in [2.45, 2.75) is 39.8 Å². The number of hydrogen-bond acceptors (Lipinski definition) is 6. The summed E-state index contributed by atoms with van der Waals surface area (Å²) in [6.07, 6.45) is 3.25. The van der Waals surface area contributed by atoms with E-state index < -0.39 is 0 Å². The molecule has 5 rings (SSSR count). The van der Waals surface area contributed by atoms with Crippen LogP contribution in [0.2, 0.25) is 0 Å². The third-order valence-corrected chi connectivity index (χ3v) is 6.47. The lowest BCUT2D eigenvalue weighted by molar-refractivity contribution is -0.125. The molecule has 1 N–H and O–H groups in total. The Bertz CT molecular complexity index is 1410. The molecule has 8 heteroatoms. The number of carbonyl (C=O) groups excluding carboxylic acids is 1. The highest BCUT2D eigenvalue weighted by Crippen LogP contribution is 2.22. The van der Waals surface area contributed by atoms with Gasteiger partial charge >= 0.3 is 0 Å². The quantitative estimate of drug-likeness (QED) is 0.462. The van der Waals surface area contributed by atoms with Crippen LogP contribution in [-0.2, 0) is 17.9 Å². The second-order valence-electron chi connectivity index (χ2n) is 9.17. The minimum Gasteiger partial charge on any atom is -0.465 e. The van der Waals surface area contributed by atoms with Crippen LogP contribution in [0.5, 0.6) is 0 Å². The van der Waals surface area contributed by atoms with E-state index in [2.05, 4.69) is 15.3 Å². The molecule has 3 aromatic heterocycles. The number of anilines is 1. The van der Waals surface area contributed by atoms with E-state index in [9.17, 15) is 9.59 Å². The number of aromatic nitrogens is 3. The molecule has 4 heterocycles. The van der Waals surface area contributed by atoms with Gasteiger partial charge in [0.05, 0.1) is 19.0 Å². The van der Waals surface area contributed by atoms with Crippen LogP contribution in [0.3, 0.4) is 0 Å². The summed E-state index contributed by atoms with van der Waals surface area (Å²) in [7, 11) is 0. The van der Waals surface area contributed by atoms with Gasteiger partial charge in [-0.2, -0.15) is 0 Å². The van der Waals surface area contributed by atoms with Crippen molar-refractivity contribution in [1.82, 2.24) is 19.9 Å². The Balaban J connectivity index is 1.40. The Hall–Kier alpha value is -3.94. The average Bonchev–Trinajstić information content (AvgIpc) is 3.30. The number of nitrogens with zero attached hydrogens (tertiary/aromatic N) is 4. The summed E-state index contributed by atoms with van der Waals surface area (Å²) in [5.41, 5.74) is 3.21. The smallest absolute Gasteiger partial charge is 0.295 e. The third kappa shape index (κ3) is 4.96. The molecule has 0 spiro atoms. The van der Waals surface area contributed by atoms with Gasteiger partial charge in [-0.1, -0.05) is 29.8 Å². The van der Waals surface area contributed by atoms with Gasteiger partial charge in [0.15, 0.2) is 11.5 Å². The fourth-order valence-corrected chi connectivity index (χ4v) is 4.57. The van der Waals surface area contributed by atoms with Gasteiger partial charge in [0, 0.05) is 19.3 Å². The number of aryl methyl sites for hydroxylation is 2. The number of pyridine rings is 1. The molecule has 8 nitrogen and oxygen atoms in total.